The molecule has 6 nitrogen and oxygen atoms in total. The molecular weight excluding hydrogens is 278 g/mol. The third-order valence-corrected chi connectivity index (χ3v) is 6.01. The summed E-state index contributed by atoms with van der Waals surface area (Å²) in [6.07, 6.45) is -0.777. The van der Waals surface area contributed by atoms with E-state index in [4.69, 9.17) is 0 Å². The molecule has 0 aromatic carbocycles. The lowest BCUT2D eigenvalue weighted by Crippen LogP contribution is -2.40. The largest absolute Gasteiger partial charge is 0.468 e. The number of aliphatic hydroxyl groups excluding tert-OH is 1. The van der Waals surface area contributed by atoms with Crippen molar-refractivity contribution in [3.63, 3.8) is 0 Å². The van der Waals surface area contributed by atoms with Crippen LogP contribution in [0.4, 0.5) is 0 Å². The number of esters is 1. The van der Waals surface area contributed by atoms with Crippen molar-refractivity contribution in [3.05, 3.63) is 17.5 Å². The first-order valence-electron chi connectivity index (χ1n) is 5.28. The van der Waals surface area contributed by atoms with Crippen molar-refractivity contribution in [1.82, 2.24) is 4.31 Å². The van der Waals surface area contributed by atoms with Gasteiger partial charge in [-0.2, -0.15) is 4.31 Å². The highest BCUT2D eigenvalue weighted by Crippen LogP contribution is 2.29. The summed E-state index contributed by atoms with van der Waals surface area (Å²) < 4.78 is 30.3. The van der Waals surface area contributed by atoms with E-state index in [-0.39, 0.29) is 17.2 Å². The predicted octanol–water partition coefficient (Wildman–Crippen LogP) is 0.0450. The van der Waals surface area contributed by atoms with Gasteiger partial charge in [0, 0.05) is 13.0 Å². The van der Waals surface area contributed by atoms with Crippen molar-refractivity contribution in [2.24, 2.45) is 0 Å². The number of rotatable bonds is 3. The fraction of sp³-hybridized carbons (Fsp3) is 0.500. The first kappa shape index (κ1) is 13.5. The first-order chi connectivity index (χ1) is 8.46. The summed E-state index contributed by atoms with van der Waals surface area (Å²) in [5.41, 5.74) is 0. The van der Waals surface area contributed by atoms with E-state index in [0.717, 1.165) is 15.6 Å². The minimum absolute atomic E-state index is 0.0667. The monoisotopic (exact) mass is 291 g/mol. The number of thiophene rings is 1. The van der Waals surface area contributed by atoms with E-state index in [2.05, 4.69) is 4.74 Å². The fourth-order valence-corrected chi connectivity index (χ4v) is 4.67. The van der Waals surface area contributed by atoms with Gasteiger partial charge >= 0.3 is 5.97 Å². The number of carbonyl (C=O) groups is 1. The molecule has 1 aromatic heterocycles. The molecule has 0 unspecified atom stereocenters. The average molecular weight is 291 g/mol. The summed E-state index contributed by atoms with van der Waals surface area (Å²) in [6, 6.07) is 2.15. The van der Waals surface area contributed by atoms with E-state index in [1.54, 1.807) is 11.4 Å². The first-order valence-corrected chi connectivity index (χ1v) is 7.60. The van der Waals surface area contributed by atoms with Crippen LogP contribution in [0, 0.1) is 0 Å². The molecule has 1 aliphatic heterocycles. The Hall–Kier alpha value is -0.960. The third-order valence-electron chi connectivity index (χ3n) is 2.76. The topological polar surface area (TPSA) is 83.9 Å². The zero-order chi connectivity index (χ0) is 13.3. The normalized spacial score (nSPS) is 25.2. The molecule has 1 aromatic rings. The van der Waals surface area contributed by atoms with Crippen LogP contribution in [0.2, 0.25) is 0 Å². The van der Waals surface area contributed by atoms with Gasteiger partial charge < -0.3 is 9.84 Å². The number of ether oxygens (including phenoxy) is 1. The second-order valence-electron chi connectivity index (χ2n) is 3.94. The minimum Gasteiger partial charge on any atom is -0.468 e. The summed E-state index contributed by atoms with van der Waals surface area (Å²) in [5, 5.41) is 11.2. The van der Waals surface area contributed by atoms with Gasteiger partial charge in [-0.1, -0.05) is 6.07 Å². The Bertz CT molecular complexity index is 524. The molecule has 1 N–H and O–H groups in total. The van der Waals surface area contributed by atoms with E-state index < -0.39 is 28.1 Å². The van der Waals surface area contributed by atoms with Crippen molar-refractivity contribution in [1.29, 1.82) is 0 Å². The number of β-amino-alcohol motifs (C(OH)–C–C–N with tert-alkyl or cyclic N) is 1. The van der Waals surface area contributed by atoms with Gasteiger partial charge in [0.2, 0.25) is 0 Å². The van der Waals surface area contributed by atoms with Crippen molar-refractivity contribution < 1.29 is 23.1 Å². The maximum Gasteiger partial charge on any atom is 0.324 e. The lowest BCUT2D eigenvalue weighted by atomic mass is 10.2. The van der Waals surface area contributed by atoms with Gasteiger partial charge in [-0.25, -0.2) is 8.42 Å². The Morgan fingerprint density at radius 2 is 2.33 bits per heavy atom. The van der Waals surface area contributed by atoms with Crippen LogP contribution < -0.4 is 0 Å². The Labute approximate surface area is 109 Å². The number of methoxy groups -OCH3 is 1. The van der Waals surface area contributed by atoms with Gasteiger partial charge in [-0.15, -0.1) is 11.3 Å². The molecule has 0 bridgehead atoms. The molecule has 0 aliphatic carbocycles. The smallest absolute Gasteiger partial charge is 0.324 e. The number of aliphatic hydroxyl groups is 1. The van der Waals surface area contributed by atoms with Gasteiger partial charge in [-0.3, -0.25) is 4.79 Å². The summed E-state index contributed by atoms with van der Waals surface area (Å²) in [4.78, 5) is 11.6. The van der Waals surface area contributed by atoms with E-state index in [1.807, 2.05) is 0 Å². The van der Waals surface area contributed by atoms with Crippen LogP contribution in [-0.4, -0.2) is 49.6 Å². The SMILES string of the molecule is COC(=O)[C@@H]1C[C@H](O)CN1S(=O)(=O)c1cccs1. The van der Waals surface area contributed by atoms with Crippen LogP contribution in [-0.2, 0) is 19.6 Å². The van der Waals surface area contributed by atoms with E-state index >= 15 is 0 Å². The number of nitrogens with zero attached hydrogens (tertiary/aromatic N) is 1. The maximum absolute atomic E-state index is 12.3. The van der Waals surface area contributed by atoms with Crippen LogP contribution in [0.5, 0.6) is 0 Å². The summed E-state index contributed by atoms with van der Waals surface area (Å²) in [5.74, 6) is -0.647. The Balaban J connectivity index is 2.34. The molecule has 1 fully saturated rings. The van der Waals surface area contributed by atoms with Gasteiger partial charge in [0.1, 0.15) is 10.3 Å². The molecule has 1 saturated heterocycles. The quantitative estimate of drug-likeness (QED) is 0.795. The van der Waals surface area contributed by atoms with Crippen molar-refractivity contribution >= 4 is 27.3 Å². The fourth-order valence-electron chi connectivity index (χ4n) is 1.93. The number of sulfonamides is 1. The van der Waals surface area contributed by atoms with Gasteiger partial charge in [0.25, 0.3) is 10.0 Å². The number of hydrogen-bond donors (Lipinski definition) is 1. The zero-order valence-electron chi connectivity index (χ0n) is 9.64. The lowest BCUT2D eigenvalue weighted by molar-refractivity contribution is -0.144. The second-order valence-corrected chi connectivity index (χ2v) is 7.00. The zero-order valence-corrected chi connectivity index (χ0v) is 11.3. The highest BCUT2D eigenvalue weighted by Gasteiger charge is 2.44. The maximum atomic E-state index is 12.3. The Morgan fingerprint density at radius 3 is 2.89 bits per heavy atom. The molecule has 8 heteroatoms. The standard InChI is InChI=1S/C10H13NO5S2/c1-16-10(13)8-5-7(12)6-11(8)18(14,15)9-3-2-4-17-9/h2-4,7-8,12H,5-6H2,1H3/t7-,8-/m0/s1. The predicted molar refractivity (Wildman–Crippen MR) is 64.6 cm³/mol. The second kappa shape index (κ2) is 4.96. The van der Waals surface area contributed by atoms with Crippen LogP contribution in [0.25, 0.3) is 0 Å². The third kappa shape index (κ3) is 2.28. The summed E-state index contributed by atoms with van der Waals surface area (Å²) in [6.45, 7) is -0.0833. The van der Waals surface area contributed by atoms with Crippen molar-refractivity contribution in [2.45, 2.75) is 22.8 Å². The van der Waals surface area contributed by atoms with Gasteiger partial charge in [0.05, 0.1) is 13.2 Å². The van der Waals surface area contributed by atoms with E-state index in [0.29, 0.717) is 0 Å². The summed E-state index contributed by atoms with van der Waals surface area (Å²) >= 11 is 1.08. The molecule has 2 rings (SSSR count). The van der Waals surface area contributed by atoms with Crippen LogP contribution in [0.15, 0.2) is 21.7 Å². The average Bonchev–Trinajstić information content (AvgIpc) is 2.96. The van der Waals surface area contributed by atoms with Gasteiger partial charge in [0.15, 0.2) is 0 Å². The molecule has 0 amide bonds. The lowest BCUT2D eigenvalue weighted by Gasteiger charge is -2.20. The Morgan fingerprint density at radius 1 is 1.61 bits per heavy atom. The highest BCUT2D eigenvalue weighted by atomic mass is 32.2. The molecule has 100 valence electrons. The van der Waals surface area contributed by atoms with E-state index in [9.17, 15) is 18.3 Å². The number of hydrogen-bond acceptors (Lipinski definition) is 6. The van der Waals surface area contributed by atoms with Crippen LogP contribution in [0.1, 0.15) is 6.42 Å². The highest BCUT2D eigenvalue weighted by molar-refractivity contribution is 7.91. The van der Waals surface area contributed by atoms with Crippen molar-refractivity contribution in [3.8, 4) is 0 Å². The number of carbonyl (C=O) groups excluding carboxylic acids is 1. The van der Waals surface area contributed by atoms with Crippen LogP contribution in [0.3, 0.4) is 0 Å². The Kier molecular flexibility index (Phi) is 3.71. The molecule has 0 radical (unpaired) electrons. The van der Waals surface area contributed by atoms with Crippen molar-refractivity contribution in [2.75, 3.05) is 13.7 Å². The molecule has 2 heterocycles. The van der Waals surface area contributed by atoms with Gasteiger partial charge in [-0.05, 0) is 11.4 Å². The molecule has 0 spiro atoms. The molecular formula is C10H13NO5S2. The minimum atomic E-state index is -3.74. The molecule has 0 saturated carbocycles. The molecule has 1 aliphatic rings. The van der Waals surface area contributed by atoms with Crippen LogP contribution >= 0.6 is 11.3 Å². The molecule has 2 atom stereocenters. The summed E-state index contributed by atoms with van der Waals surface area (Å²) in [7, 11) is -2.54. The van der Waals surface area contributed by atoms with E-state index in [1.165, 1.54) is 13.2 Å². The molecule has 18 heavy (non-hydrogen) atoms.